The maximum Gasteiger partial charge on any atom is 0.242 e. The summed E-state index contributed by atoms with van der Waals surface area (Å²) < 4.78 is 25.7. The molecular weight excluding hydrogens is 306 g/mol. The Bertz CT molecular complexity index is 602. The number of nitrogen functional groups attached to an aromatic ring is 1. The lowest BCUT2D eigenvalue weighted by atomic mass is 10.2. The molecule has 0 spiro atoms. The molecule has 1 heterocycles. The summed E-state index contributed by atoms with van der Waals surface area (Å²) in [5, 5.41) is 0.576. The minimum atomic E-state index is -3.43. The third-order valence-corrected chi connectivity index (χ3v) is 6.90. The minimum absolute atomic E-state index is 0.294. The van der Waals surface area contributed by atoms with Crippen LogP contribution in [0.3, 0.4) is 0 Å². The van der Waals surface area contributed by atoms with Crippen LogP contribution in [-0.2, 0) is 10.0 Å². The van der Waals surface area contributed by atoms with Gasteiger partial charge >= 0.3 is 0 Å². The highest BCUT2D eigenvalue weighted by molar-refractivity contribution is 8.00. The van der Waals surface area contributed by atoms with Crippen molar-refractivity contribution in [2.45, 2.75) is 23.5 Å². The number of thioether (sulfide) groups is 1. The molecule has 0 radical (unpaired) electrons. The molecule has 0 aliphatic carbocycles. The topological polar surface area (TPSA) is 66.6 Å². The van der Waals surface area contributed by atoms with Gasteiger partial charge in [-0.1, -0.05) is 6.92 Å². The quantitative estimate of drug-likeness (QED) is 0.854. The molecule has 0 aromatic heterocycles. The minimum Gasteiger partial charge on any atom is -0.397 e. The van der Waals surface area contributed by atoms with Gasteiger partial charge in [0.2, 0.25) is 10.0 Å². The predicted molar refractivity (Wildman–Crippen MR) is 90.5 cm³/mol. The van der Waals surface area contributed by atoms with Crippen molar-refractivity contribution in [3.8, 4) is 0 Å². The maximum atomic E-state index is 12.3. The second-order valence-corrected chi connectivity index (χ2v) is 8.92. The van der Waals surface area contributed by atoms with E-state index in [1.807, 2.05) is 11.8 Å². The Morgan fingerprint density at radius 1 is 1.43 bits per heavy atom. The van der Waals surface area contributed by atoms with Crippen LogP contribution < -0.4 is 10.6 Å². The van der Waals surface area contributed by atoms with Crippen molar-refractivity contribution in [3.05, 3.63) is 18.2 Å². The van der Waals surface area contributed by atoms with Gasteiger partial charge in [0, 0.05) is 38.2 Å². The van der Waals surface area contributed by atoms with E-state index in [2.05, 4.69) is 11.8 Å². The molecule has 1 aromatic carbocycles. The first kappa shape index (κ1) is 16.5. The fourth-order valence-electron chi connectivity index (χ4n) is 2.35. The molecule has 5 nitrogen and oxygen atoms in total. The standard InChI is InChI=1S/C14H23N3O2S2/c1-4-11-10-17(7-8-20-11)14-9-12(5-6-13(14)15)21(18,19)16(2)3/h5-6,9,11H,4,7-8,10,15H2,1-3H3. The summed E-state index contributed by atoms with van der Waals surface area (Å²) in [4.78, 5) is 2.50. The van der Waals surface area contributed by atoms with Gasteiger partial charge in [-0.3, -0.25) is 0 Å². The van der Waals surface area contributed by atoms with Gasteiger partial charge in [0.1, 0.15) is 0 Å². The van der Waals surface area contributed by atoms with Crippen LogP contribution in [0.15, 0.2) is 23.1 Å². The first-order valence-corrected chi connectivity index (χ1v) is 9.53. The van der Waals surface area contributed by atoms with Crippen LogP contribution in [0.1, 0.15) is 13.3 Å². The number of nitrogens with two attached hydrogens (primary N) is 1. The van der Waals surface area contributed by atoms with E-state index in [0.717, 1.165) is 31.0 Å². The Balaban J connectivity index is 2.36. The lowest BCUT2D eigenvalue weighted by Gasteiger charge is -2.34. The van der Waals surface area contributed by atoms with E-state index < -0.39 is 10.0 Å². The van der Waals surface area contributed by atoms with Gasteiger partial charge in [-0.2, -0.15) is 11.8 Å². The number of benzene rings is 1. The van der Waals surface area contributed by atoms with E-state index in [0.29, 0.717) is 15.8 Å². The Morgan fingerprint density at radius 2 is 2.14 bits per heavy atom. The smallest absolute Gasteiger partial charge is 0.242 e. The van der Waals surface area contributed by atoms with Gasteiger partial charge in [-0.25, -0.2) is 12.7 Å². The largest absolute Gasteiger partial charge is 0.397 e. The van der Waals surface area contributed by atoms with E-state index in [1.165, 1.54) is 18.4 Å². The zero-order chi connectivity index (χ0) is 15.6. The molecule has 2 rings (SSSR count). The zero-order valence-electron chi connectivity index (χ0n) is 12.7. The summed E-state index contributed by atoms with van der Waals surface area (Å²) in [6.45, 7) is 3.99. The van der Waals surface area contributed by atoms with Gasteiger partial charge in [0.05, 0.1) is 16.3 Å². The molecule has 1 saturated heterocycles. The number of hydrogen-bond acceptors (Lipinski definition) is 5. The highest BCUT2D eigenvalue weighted by Crippen LogP contribution is 2.32. The Morgan fingerprint density at radius 3 is 2.76 bits per heavy atom. The molecule has 7 heteroatoms. The maximum absolute atomic E-state index is 12.3. The Labute approximate surface area is 131 Å². The summed E-state index contributed by atoms with van der Waals surface area (Å²) >= 11 is 1.97. The second kappa shape index (κ2) is 6.46. The van der Waals surface area contributed by atoms with Gasteiger partial charge in [0.25, 0.3) is 0 Å². The van der Waals surface area contributed by atoms with Crippen molar-refractivity contribution < 1.29 is 8.42 Å². The molecule has 1 aliphatic rings. The number of rotatable bonds is 4. The van der Waals surface area contributed by atoms with E-state index in [9.17, 15) is 8.42 Å². The fraction of sp³-hybridized carbons (Fsp3) is 0.571. The average molecular weight is 329 g/mol. The van der Waals surface area contributed by atoms with Crippen LogP contribution in [0.2, 0.25) is 0 Å². The molecular formula is C14H23N3O2S2. The van der Waals surface area contributed by atoms with Crippen molar-refractivity contribution in [1.82, 2.24) is 4.31 Å². The normalized spacial score (nSPS) is 20.0. The average Bonchev–Trinajstić information content (AvgIpc) is 2.47. The number of sulfonamides is 1. The third-order valence-electron chi connectivity index (χ3n) is 3.72. The lowest BCUT2D eigenvalue weighted by molar-refractivity contribution is 0.520. The molecule has 0 saturated carbocycles. The van der Waals surface area contributed by atoms with Gasteiger partial charge in [0.15, 0.2) is 0 Å². The van der Waals surface area contributed by atoms with Crippen molar-refractivity contribution >= 4 is 33.2 Å². The monoisotopic (exact) mass is 329 g/mol. The molecule has 1 aliphatic heterocycles. The number of anilines is 2. The molecule has 1 aromatic rings. The summed E-state index contributed by atoms with van der Waals surface area (Å²) in [5.41, 5.74) is 7.53. The van der Waals surface area contributed by atoms with Crippen molar-refractivity contribution in [1.29, 1.82) is 0 Å². The second-order valence-electron chi connectivity index (χ2n) is 5.36. The third kappa shape index (κ3) is 3.46. The molecule has 0 bridgehead atoms. The number of nitrogens with zero attached hydrogens (tertiary/aromatic N) is 2. The van der Waals surface area contributed by atoms with E-state index >= 15 is 0 Å². The summed E-state index contributed by atoms with van der Waals surface area (Å²) in [6.07, 6.45) is 1.11. The van der Waals surface area contributed by atoms with Crippen LogP contribution in [-0.4, -0.2) is 50.9 Å². The van der Waals surface area contributed by atoms with E-state index in [4.69, 9.17) is 5.73 Å². The molecule has 1 unspecified atom stereocenters. The van der Waals surface area contributed by atoms with Crippen molar-refractivity contribution in [3.63, 3.8) is 0 Å². The van der Waals surface area contributed by atoms with Gasteiger partial charge in [-0.05, 0) is 24.6 Å². The fourth-order valence-corrected chi connectivity index (χ4v) is 4.46. The van der Waals surface area contributed by atoms with Crippen molar-refractivity contribution in [2.24, 2.45) is 0 Å². The van der Waals surface area contributed by atoms with Crippen LogP contribution in [0.5, 0.6) is 0 Å². The molecule has 1 atom stereocenters. The van der Waals surface area contributed by atoms with Gasteiger partial charge < -0.3 is 10.6 Å². The Hall–Kier alpha value is -0.920. The molecule has 0 amide bonds. The summed E-state index contributed by atoms with van der Waals surface area (Å²) in [7, 11) is -0.353. The molecule has 118 valence electrons. The summed E-state index contributed by atoms with van der Waals surface area (Å²) in [5.74, 6) is 1.04. The lowest BCUT2D eigenvalue weighted by Crippen LogP contribution is -2.38. The first-order chi connectivity index (χ1) is 9.86. The molecule has 21 heavy (non-hydrogen) atoms. The highest BCUT2D eigenvalue weighted by atomic mass is 32.2. The zero-order valence-corrected chi connectivity index (χ0v) is 14.4. The summed E-state index contributed by atoms with van der Waals surface area (Å²) in [6, 6.07) is 4.96. The number of hydrogen-bond donors (Lipinski definition) is 1. The molecule has 1 fully saturated rings. The molecule has 2 N–H and O–H groups in total. The first-order valence-electron chi connectivity index (χ1n) is 7.05. The van der Waals surface area contributed by atoms with Crippen LogP contribution in [0.25, 0.3) is 0 Å². The van der Waals surface area contributed by atoms with Crippen molar-refractivity contribution in [2.75, 3.05) is 43.6 Å². The van der Waals surface area contributed by atoms with Crippen LogP contribution in [0.4, 0.5) is 11.4 Å². The van der Waals surface area contributed by atoms with E-state index in [-0.39, 0.29) is 0 Å². The SMILES string of the molecule is CCC1CN(c2cc(S(=O)(=O)N(C)C)ccc2N)CCS1. The Kier molecular flexibility index (Phi) is 5.06. The van der Waals surface area contributed by atoms with E-state index in [1.54, 1.807) is 18.2 Å². The predicted octanol–water partition coefficient (Wildman–Crippen LogP) is 1.85. The van der Waals surface area contributed by atoms with Crippen LogP contribution >= 0.6 is 11.8 Å². The van der Waals surface area contributed by atoms with Gasteiger partial charge in [-0.15, -0.1) is 0 Å². The van der Waals surface area contributed by atoms with Crippen LogP contribution in [0, 0.1) is 0 Å². The highest BCUT2D eigenvalue weighted by Gasteiger charge is 2.23.